The second-order valence-electron chi connectivity index (χ2n) is 5.95. The van der Waals surface area contributed by atoms with Crippen LogP contribution in [0.15, 0.2) is 67.1 Å². The highest BCUT2D eigenvalue weighted by Gasteiger charge is 2.14. The van der Waals surface area contributed by atoms with E-state index in [1.165, 1.54) is 0 Å². The molecule has 1 amide bonds. The van der Waals surface area contributed by atoms with Gasteiger partial charge in [0.1, 0.15) is 11.4 Å². The van der Waals surface area contributed by atoms with E-state index < -0.39 is 0 Å². The summed E-state index contributed by atoms with van der Waals surface area (Å²) in [7, 11) is 1.75. The SMILES string of the molecule is Cn1nc(-c2ccccc2)cc1C(=O)NCc1cn(-c2cccnc2)nn1. The molecular weight excluding hydrogens is 342 g/mol. The molecule has 0 aliphatic rings. The van der Waals surface area contributed by atoms with Gasteiger partial charge in [0, 0.05) is 18.8 Å². The van der Waals surface area contributed by atoms with E-state index in [4.69, 9.17) is 0 Å². The molecule has 134 valence electrons. The first-order chi connectivity index (χ1) is 13.2. The number of aromatic nitrogens is 6. The van der Waals surface area contributed by atoms with Crippen molar-refractivity contribution in [1.29, 1.82) is 0 Å². The molecule has 3 heterocycles. The Kier molecular flexibility index (Phi) is 4.44. The van der Waals surface area contributed by atoms with Crippen LogP contribution in [0.3, 0.4) is 0 Å². The minimum Gasteiger partial charge on any atom is -0.345 e. The van der Waals surface area contributed by atoms with Crippen LogP contribution in [0.5, 0.6) is 0 Å². The molecule has 0 fully saturated rings. The Balaban J connectivity index is 1.45. The van der Waals surface area contributed by atoms with Crippen LogP contribution in [-0.2, 0) is 13.6 Å². The Morgan fingerprint density at radius 3 is 2.78 bits per heavy atom. The molecule has 4 aromatic rings. The summed E-state index contributed by atoms with van der Waals surface area (Å²) in [4.78, 5) is 16.6. The maximum atomic E-state index is 12.5. The minimum atomic E-state index is -0.219. The molecule has 0 radical (unpaired) electrons. The summed E-state index contributed by atoms with van der Waals surface area (Å²) in [6, 6.07) is 15.2. The number of carbonyl (C=O) groups excluding carboxylic acids is 1. The molecule has 0 aliphatic carbocycles. The van der Waals surface area contributed by atoms with Gasteiger partial charge in [-0.25, -0.2) is 4.68 Å². The number of aryl methyl sites for hydroxylation is 1. The van der Waals surface area contributed by atoms with Gasteiger partial charge in [0.15, 0.2) is 0 Å². The first-order valence-corrected chi connectivity index (χ1v) is 8.40. The number of hydrogen-bond acceptors (Lipinski definition) is 5. The topological polar surface area (TPSA) is 90.5 Å². The third-order valence-electron chi connectivity index (χ3n) is 4.06. The summed E-state index contributed by atoms with van der Waals surface area (Å²) in [6.45, 7) is 0.269. The van der Waals surface area contributed by atoms with Gasteiger partial charge in [-0.05, 0) is 18.2 Å². The van der Waals surface area contributed by atoms with Gasteiger partial charge in [-0.3, -0.25) is 14.5 Å². The fraction of sp³-hybridized carbons (Fsp3) is 0.105. The van der Waals surface area contributed by atoms with Crippen molar-refractivity contribution >= 4 is 5.91 Å². The van der Waals surface area contributed by atoms with Crippen molar-refractivity contribution in [2.75, 3.05) is 0 Å². The molecule has 0 aliphatic heterocycles. The predicted molar refractivity (Wildman–Crippen MR) is 99.0 cm³/mol. The lowest BCUT2D eigenvalue weighted by Crippen LogP contribution is -2.25. The summed E-state index contributed by atoms with van der Waals surface area (Å²) in [6.07, 6.45) is 5.15. The fourth-order valence-electron chi connectivity index (χ4n) is 2.69. The van der Waals surface area contributed by atoms with E-state index in [-0.39, 0.29) is 12.5 Å². The van der Waals surface area contributed by atoms with Crippen molar-refractivity contribution in [2.24, 2.45) is 7.05 Å². The van der Waals surface area contributed by atoms with E-state index in [0.29, 0.717) is 11.4 Å². The first-order valence-electron chi connectivity index (χ1n) is 8.40. The molecule has 0 bridgehead atoms. The van der Waals surface area contributed by atoms with Gasteiger partial charge in [-0.15, -0.1) is 5.10 Å². The van der Waals surface area contributed by atoms with Crippen LogP contribution in [0.25, 0.3) is 16.9 Å². The highest BCUT2D eigenvalue weighted by molar-refractivity contribution is 5.93. The van der Waals surface area contributed by atoms with Crippen LogP contribution in [0.1, 0.15) is 16.2 Å². The Morgan fingerprint density at radius 2 is 2.00 bits per heavy atom. The van der Waals surface area contributed by atoms with E-state index >= 15 is 0 Å². The quantitative estimate of drug-likeness (QED) is 0.588. The number of nitrogens with one attached hydrogen (secondary N) is 1. The normalized spacial score (nSPS) is 10.7. The van der Waals surface area contributed by atoms with Crippen molar-refractivity contribution < 1.29 is 4.79 Å². The first kappa shape index (κ1) is 16.6. The lowest BCUT2D eigenvalue weighted by Gasteiger charge is -2.02. The molecular formula is C19H17N7O. The average molecular weight is 359 g/mol. The second-order valence-corrected chi connectivity index (χ2v) is 5.95. The molecule has 1 N–H and O–H groups in total. The van der Waals surface area contributed by atoms with Crippen molar-refractivity contribution in [2.45, 2.75) is 6.54 Å². The highest BCUT2D eigenvalue weighted by Crippen LogP contribution is 2.18. The highest BCUT2D eigenvalue weighted by atomic mass is 16.2. The molecule has 0 saturated carbocycles. The predicted octanol–water partition coefficient (Wildman–Crippen LogP) is 1.99. The van der Waals surface area contributed by atoms with Gasteiger partial charge in [0.2, 0.25) is 0 Å². The summed E-state index contributed by atoms with van der Waals surface area (Å²) in [5.41, 5.74) is 3.66. The number of pyridine rings is 1. The number of nitrogens with zero attached hydrogens (tertiary/aromatic N) is 6. The third-order valence-corrected chi connectivity index (χ3v) is 4.06. The third kappa shape index (κ3) is 3.59. The molecule has 4 rings (SSSR count). The molecule has 0 saturated heterocycles. The number of benzene rings is 1. The summed E-state index contributed by atoms with van der Waals surface area (Å²) in [5, 5.41) is 15.4. The van der Waals surface area contributed by atoms with Crippen molar-refractivity contribution in [3.05, 3.63) is 78.5 Å². The fourth-order valence-corrected chi connectivity index (χ4v) is 2.69. The number of hydrogen-bond donors (Lipinski definition) is 1. The van der Waals surface area contributed by atoms with Gasteiger partial charge in [0.25, 0.3) is 5.91 Å². The van der Waals surface area contributed by atoms with Gasteiger partial charge in [-0.1, -0.05) is 35.5 Å². The molecule has 0 atom stereocenters. The van der Waals surface area contributed by atoms with Crippen molar-refractivity contribution in [1.82, 2.24) is 35.1 Å². The van der Waals surface area contributed by atoms with Gasteiger partial charge >= 0.3 is 0 Å². The summed E-state index contributed by atoms with van der Waals surface area (Å²) >= 11 is 0. The maximum absolute atomic E-state index is 12.5. The molecule has 0 unspecified atom stereocenters. The minimum absolute atomic E-state index is 0.219. The smallest absolute Gasteiger partial charge is 0.269 e. The Hall–Kier alpha value is -3.81. The zero-order valence-corrected chi connectivity index (χ0v) is 14.6. The van der Waals surface area contributed by atoms with E-state index in [2.05, 4.69) is 25.7 Å². The molecule has 3 aromatic heterocycles. The molecule has 8 nitrogen and oxygen atoms in total. The van der Waals surface area contributed by atoms with Gasteiger partial charge in [-0.2, -0.15) is 5.10 Å². The van der Waals surface area contributed by atoms with Crippen LogP contribution in [0.4, 0.5) is 0 Å². The number of rotatable bonds is 5. The monoisotopic (exact) mass is 359 g/mol. The molecule has 0 spiro atoms. The average Bonchev–Trinajstić information content (AvgIpc) is 3.34. The Bertz CT molecular complexity index is 1050. The van der Waals surface area contributed by atoms with Crippen molar-refractivity contribution in [3.63, 3.8) is 0 Å². The maximum Gasteiger partial charge on any atom is 0.269 e. The van der Waals surface area contributed by atoms with E-state index in [1.807, 2.05) is 42.5 Å². The van der Waals surface area contributed by atoms with E-state index in [1.54, 1.807) is 41.1 Å². The van der Waals surface area contributed by atoms with Gasteiger partial charge in [0.05, 0.1) is 30.3 Å². The zero-order chi connectivity index (χ0) is 18.6. The summed E-state index contributed by atoms with van der Waals surface area (Å²) < 4.78 is 3.19. The molecule has 27 heavy (non-hydrogen) atoms. The largest absolute Gasteiger partial charge is 0.345 e. The standard InChI is InChI=1S/C19H17N7O/c1-25-18(10-17(23-25)14-6-3-2-4-7-14)19(27)21-11-15-13-26(24-22-15)16-8-5-9-20-12-16/h2-10,12-13H,11H2,1H3,(H,21,27). The Morgan fingerprint density at radius 1 is 1.15 bits per heavy atom. The van der Waals surface area contributed by atoms with E-state index in [0.717, 1.165) is 16.9 Å². The van der Waals surface area contributed by atoms with Crippen LogP contribution >= 0.6 is 0 Å². The summed E-state index contributed by atoms with van der Waals surface area (Å²) in [5.74, 6) is -0.219. The van der Waals surface area contributed by atoms with Crippen LogP contribution in [0, 0.1) is 0 Å². The zero-order valence-electron chi connectivity index (χ0n) is 14.6. The molecule has 1 aromatic carbocycles. The second kappa shape index (κ2) is 7.20. The van der Waals surface area contributed by atoms with Crippen LogP contribution in [0.2, 0.25) is 0 Å². The van der Waals surface area contributed by atoms with E-state index in [9.17, 15) is 4.79 Å². The number of carbonyl (C=O) groups is 1. The Labute approximate surface area is 155 Å². The van der Waals surface area contributed by atoms with Crippen molar-refractivity contribution in [3.8, 4) is 16.9 Å². The van der Waals surface area contributed by atoms with Crippen LogP contribution < -0.4 is 5.32 Å². The van der Waals surface area contributed by atoms with Crippen LogP contribution in [-0.4, -0.2) is 35.7 Å². The molecule has 8 heteroatoms. The lowest BCUT2D eigenvalue weighted by molar-refractivity contribution is 0.0941. The number of amides is 1. The lowest BCUT2D eigenvalue weighted by atomic mass is 10.1. The van der Waals surface area contributed by atoms with Gasteiger partial charge < -0.3 is 5.32 Å².